The van der Waals surface area contributed by atoms with E-state index in [0.29, 0.717) is 5.56 Å². The number of aliphatic carboxylic acids is 1. The fraction of sp³-hybridized carbons (Fsp3) is 0.333. The fourth-order valence-electron chi connectivity index (χ4n) is 1.45. The zero-order chi connectivity index (χ0) is 14.4. The molecule has 0 spiro atoms. The van der Waals surface area contributed by atoms with E-state index in [-0.39, 0.29) is 24.2 Å². The highest BCUT2D eigenvalue weighted by atomic mass is 19.3. The van der Waals surface area contributed by atoms with Crippen LogP contribution in [0.2, 0.25) is 0 Å². The van der Waals surface area contributed by atoms with E-state index in [9.17, 15) is 18.4 Å². The van der Waals surface area contributed by atoms with Crippen molar-refractivity contribution in [2.75, 3.05) is 7.11 Å². The lowest BCUT2D eigenvalue weighted by molar-refractivity contribution is -0.136. The van der Waals surface area contributed by atoms with E-state index in [1.165, 1.54) is 18.2 Å². The largest absolute Gasteiger partial charge is 0.481 e. The Bertz CT molecular complexity index is 473. The lowest BCUT2D eigenvalue weighted by atomic mass is 10.1. The van der Waals surface area contributed by atoms with Crippen LogP contribution in [0.25, 0.3) is 0 Å². The Labute approximate surface area is 107 Å². The number of benzene rings is 1. The summed E-state index contributed by atoms with van der Waals surface area (Å²) >= 11 is 0. The number of carboxylic acid groups (broad SMARTS) is 1. The van der Waals surface area contributed by atoms with Crippen LogP contribution in [0.15, 0.2) is 18.2 Å². The van der Waals surface area contributed by atoms with Gasteiger partial charge in [0.2, 0.25) is 0 Å². The fourth-order valence-corrected chi connectivity index (χ4v) is 1.45. The zero-order valence-corrected chi connectivity index (χ0v) is 10.1. The van der Waals surface area contributed by atoms with Gasteiger partial charge < -0.3 is 14.6 Å². The molecule has 5 nitrogen and oxygen atoms in total. The second kappa shape index (κ2) is 6.67. The number of ether oxygens (including phenoxy) is 2. The Balaban J connectivity index is 3.00. The van der Waals surface area contributed by atoms with Crippen LogP contribution in [0.5, 0.6) is 5.75 Å². The van der Waals surface area contributed by atoms with Gasteiger partial charge in [0.05, 0.1) is 7.11 Å². The average molecular weight is 274 g/mol. The first-order chi connectivity index (χ1) is 8.93. The molecule has 1 aromatic rings. The number of hydrogen-bond donors (Lipinski definition) is 1. The first kappa shape index (κ1) is 14.9. The maximum atomic E-state index is 12.2. The van der Waals surface area contributed by atoms with Gasteiger partial charge in [-0.1, -0.05) is 6.07 Å². The normalized spacial score (nSPS) is 10.3. The van der Waals surface area contributed by atoms with Crippen LogP contribution in [0.3, 0.4) is 0 Å². The number of methoxy groups -OCH3 is 1. The van der Waals surface area contributed by atoms with Gasteiger partial charge in [-0.2, -0.15) is 8.78 Å². The van der Waals surface area contributed by atoms with E-state index in [2.05, 4.69) is 9.47 Å². The molecular weight excluding hydrogens is 262 g/mol. The minimum Gasteiger partial charge on any atom is -0.481 e. The van der Waals surface area contributed by atoms with Crippen molar-refractivity contribution in [3.63, 3.8) is 0 Å². The molecule has 104 valence electrons. The van der Waals surface area contributed by atoms with E-state index in [1.54, 1.807) is 0 Å². The number of carbonyl (C=O) groups excluding carboxylic acids is 1. The molecule has 1 rings (SSSR count). The van der Waals surface area contributed by atoms with Gasteiger partial charge in [0, 0.05) is 6.42 Å². The number of hydrogen-bond acceptors (Lipinski definition) is 4. The number of rotatable bonds is 6. The first-order valence-electron chi connectivity index (χ1n) is 5.32. The van der Waals surface area contributed by atoms with Crippen LogP contribution in [0.1, 0.15) is 22.3 Å². The maximum Gasteiger partial charge on any atom is 0.387 e. The molecule has 0 saturated heterocycles. The van der Waals surface area contributed by atoms with Crippen molar-refractivity contribution in [3.05, 3.63) is 29.3 Å². The summed E-state index contributed by atoms with van der Waals surface area (Å²) in [5.74, 6) is -2.14. The van der Waals surface area contributed by atoms with Crippen LogP contribution in [-0.4, -0.2) is 30.8 Å². The van der Waals surface area contributed by atoms with E-state index < -0.39 is 18.6 Å². The number of alkyl halides is 2. The zero-order valence-electron chi connectivity index (χ0n) is 10.1. The van der Waals surface area contributed by atoms with Crippen LogP contribution in [-0.2, 0) is 16.0 Å². The highest BCUT2D eigenvalue weighted by molar-refractivity contribution is 5.92. The second-order valence-electron chi connectivity index (χ2n) is 3.59. The summed E-state index contributed by atoms with van der Waals surface area (Å²) in [6.45, 7) is -3.09. The molecule has 0 atom stereocenters. The first-order valence-corrected chi connectivity index (χ1v) is 5.32. The van der Waals surface area contributed by atoms with Gasteiger partial charge in [-0.15, -0.1) is 0 Å². The Morgan fingerprint density at radius 2 is 2.05 bits per heavy atom. The van der Waals surface area contributed by atoms with Gasteiger partial charge in [-0.25, -0.2) is 4.79 Å². The number of carboxylic acids is 1. The van der Waals surface area contributed by atoms with Crippen LogP contribution in [0.4, 0.5) is 8.78 Å². The van der Waals surface area contributed by atoms with Gasteiger partial charge >= 0.3 is 18.6 Å². The van der Waals surface area contributed by atoms with Crippen molar-refractivity contribution < 1.29 is 33.0 Å². The average Bonchev–Trinajstić information content (AvgIpc) is 2.35. The molecule has 0 aliphatic heterocycles. The summed E-state index contributed by atoms with van der Waals surface area (Å²) < 4.78 is 33.2. The standard InChI is InChI=1S/C12H12F2O5/c1-18-11(17)8-4-2-7(3-5-10(15)16)6-9(8)19-12(13)14/h2,4,6,12H,3,5H2,1H3,(H,15,16). The Kier molecular flexibility index (Phi) is 5.23. The Morgan fingerprint density at radius 1 is 1.37 bits per heavy atom. The summed E-state index contributed by atoms with van der Waals surface area (Å²) in [4.78, 5) is 21.8. The van der Waals surface area contributed by atoms with Crippen molar-refractivity contribution in [3.8, 4) is 5.75 Å². The van der Waals surface area contributed by atoms with Crippen LogP contribution >= 0.6 is 0 Å². The van der Waals surface area contributed by atoms with Crippen molar-refractivity contribution in [2.24, 2.45) is 0 Å². The summed E-state index contributed by atoms with van der Waals surface area (Å²) in [5, 5.41) is 8.55. The maximum absolute atomic E-state index is 12.2. The van der Waals surface area contributed by atoms with Crippen molar-refractivity contribution in [2.45, 2.75) is 19.5 Å². The molecule has 7 heteroatoms. The Hall–Kier alpha value is -2.18. The molecule has 0 bridgehead atoms. The van der Waals surface area contributed by atoms with Crippen molar-refractivity contribution in [1.82, 2.24) is 0 Å². The molecular formula is C12H12F2O5. The molecule has 0 aliphatic carbocycles. The van der Waals surface area contributed by atoms with Gasteiger partial charge in [-0.3, -0.25) is 4.79 Å². The van der Waals surface area contributed by atoms with E-state index in [1.807, 2.05) is 0 Å². The quantitative estimate of drug-likeness (QED) is 0.804. The molecule has 0 unspecified atom stereocenters. The summed E-state index contributed by atoms with van der Waals surface area (Å²) in [6, 6.07) is 3.94. The molecule has 0 aromatic heterocycles. The smallest absolute Gasteiger partial charge is 0.387 e. The number of esters is 1. The third kappa shape index (κ3) is 4.53. The van der Waals surface area contributed by atoms with Crippen LogP contribution in [0, 0.1) is 0 Å². The molecule has 0 amide bonds. The summed E-state index contributed by atoms with van der Waals surface area (Å²) in [5.41, 5.74) is 0.340. The van der Waals surface area contributed by atoms with Crippen molar-refractivity contribution in [1.29, 1.82) is 0 Å². The predicted octanol–water partition coefficient (Wildman–Crippen LogP) is 2.09. The molecule has 19 heavy (non-hydrogen) atoms. The lowest BCUT2D eigenvalue weighted by Gasteiger charge is -2.11. The molecule has 1 N–H and O–H groups in total. The van der Waals surface area contributed by atoms with Gasteiger partial charge in [-0.05, 0) is 24.1 Å². The highest BCUT2D eigenvalue weighted by Gasteiger charge is 2.17. The molecule has 0 heterocycles. The monoisotopic (exact) mass is 274 g/mol. The minimum atomic E-state index is -3.09. The minimum absolute atomic E-state index is 0.137. The van der Waals surface area contributed by atoms with E-state index in [4.69, 9.17) is 5.11 Å². The topological polar surface area (TPSA) is 72.8 Å². The molecule has 0 saturated carbocycles. The summed E-state index contributed by atoms with van der Waals surface area (Å²) in [6.07, 6.45) is 0.00206. The van der Waals surface area contributed by atoms with Gasteiger partial charge in [0.15, 0.2) is 0 Å². The van der Waals surface area contributed by atoms with Gasteiger partial charge in [0.1, 0.15) is 11.3 Å². The molecule has 0 aliphatic rings. The lowest BCUT2D eigenvalue weighted by Crippen LogP contribution is -2.10. The van der Waals surface area contributed by atoms with E-state index in [0.717, 1.165) is 7.11 Å². The number of aryl methyl sites for hydroxylation is 1. The second-order valence-corrected chi connectivity index (χ2v) is 3.59. The molecule has 1 aromatic carbocycles. The number of carbonyl (C=O) groups is 2. The highest BCUT2D eigenvalue weighted by Crippen LogP contribution is 2.24. The Morgan fingerprint density at radius 3 is 2.58 bits per heavy atom. The predicted molar refractivity (Wildman–Crippen MR) is 60.4 cm³/mol. The number of halogens is 2. The van der Waals surface area contributed by atoms with Gasteiger partial charge in [0.25, 0.3) is 0 Å². The van der Waals surface area contributed by atoms with Crippen molar-refractivity contribution >= 4 is 11.9 Å². The molecule has 0 radical (unpaired) electrons. The van der Waals surface area contributed by atoms with Crippen LogP contribution < -0.4 is 4.74 Å². The third-order valence-electron chi connectivity index (χ3n) is 2.29. The summed E-state index contributed by atoms with van der Waals surface area (Å²) in [7, 11) is 1.12. The van der Waals surface area contributed by atoms with E-state index >= 15 is 0 Å². The molecule has 0 fully saturated rings. The third-order valence-corrected chi connectivity index (χ3v) is 2.29. The SMILES string of the molecule is COC(=O)c1ccc(CCC(=O)O)cc1OC(F)F.